The van der Waals surface area contributed by atoms with Crippen LogP contribution in [0.25, 0.3) is 21.8 Å². The van der Waals surface area contributed by atoms with E-state index < -0.39 is 0 Å². The number of likely N-dealkylation sites (N-methyl/N-ethyl adjacent to an activating group) is 1. The van der Waals surface area contributed by atoms with Crippen LogP contribution in [0.1, 0.15) is 22.3 Å². The Morgan fingerprint density at radius 2 is 1.84 bits per heavy atom. The van der Waals surface area contributed by atoms with E-state index in [9.17, 15) is 0 Å². The molecule has 2 aromatic carbocycles. The van der Waals surface area contributed by atoms with Gasteiger partial charge in [-0.3, -0.25) is 0 Å². The van der Waals surface area contributed by atoms with Crippen molar-refractivity contribution in [2.75, 3.05) is 24.6 Å². The normalized spacial score (nSPS) is 11.4. The summed E-state index contributed by atoms with van der Waals surface area (Å²) in [4.78, 5) is 15.5. The van der Waals surface area contributed by atoms with Crippen LogP contribution in [0.2, 0.25) is 0 Å². The summed E-state index contributed by atoms with van der Waals surface area (Å²) in [6, 6.07) is 14.9. The molecule has 6 N–H and O–H groups in total. The minimum absolute atomic E-state index is 0.507. The van der Waals surface area contributed by atoms with Crippen molar-refractivity contribution in [1.82, 2.24) is 25.3 Å². The summed E-state index contributed by atoms with van der Waals surface area (Å²) in [5.74, 6) is 1.05. The number of hydrogen-bond donors (Lipinski definition) is 5. The van der Waals surface area contributed by atoms with Gasteiger partial charge in [0.2, 0.25) is 5.95 Å². The molecule has 0 radical (unpaired) electrons. The Kier molecular flexibility index (Phi) is 5.47. The topological polar surface area (TPSA) is 107 Å². The molecular weight excluding hydrogens is 398 g/mol. The van der Waals surface area contributed by atoms with Crippen LogP contribution < -0.4 is 16.4 Å². The SMILES string of the molecule is CNCCc1c[nH]c2ccc(CNc3ncc(Cc4ccc5[nH]ccc5c4)c(N)n3)cc12. The summed E-state index contributed by atoms with van der Waals surface area (Å²) < 4.78 is 0. The molecule has 162 valence electrons. The van der Waals surface area contributed by atoms with E-state index in [1.807, 2.05) is 19.4 Å². The predicted molar refractivity (Wildman–Crippen MR) is 131 cm³/mol. The molecule has 0 unspecified atom stereocenters. The first-order valence-corrected chi connectivity index (χ1v) is 10.8. The van der Waals surface area contributed by atoms with Crippen LogP contribution in [0.4, 0.5) is 11.8 Å². The largest absolute Gasteiger partial charge is 0.383 e. The maximum absolute atomic E-state index is 6.25. The van der Waals surface area contributed by atoms with Crippen LogP contribution >= 0.6 is 0 Å². The molecule has 0 aliphatic rings. The Labute approximate surface area is 186 Å². The van der Waals surface area contributed by atoms with E-state index in [2.05, 4.69) is 79.2 Å². The highest BCUT2D eigenvalue weighted by Gasteiger charge is 2.08. The molecular formula is C25H27N7. The Morgan fingerprint density at radius 1 is 0.969 bits per heavy atom. The molecule has 32 heavy (non-hydrogen) atoms. The Balaban J connectivity index is 1.27. The van der Waals surface area contributed by atoms with Gasteiger partial charge in [0.1, 0.15) is 5.82 Å². The minimum atomic E-state index is 0.507. The molecule has 7 heteroatoms. The number of H-pyrrole nitrogens is 2. The standard InChI is InChI=1S/C25H27N7/c1-27-8-6-19-14-29-23-5-3-17(12-21(19)23)13-30-25-31-15-20(24(26)32-25)11-16-2-4-22-18(10-16)7-9-28-22/h2-5,7,9-10,12,14-15,27-29H,6,8,11,13H2,1H3,(H3,26,30,31,32). The lowest BCUT2D eigenvalue weighted by Gasteiger charge is -2.09. The maximum atomic E-state index is 6.25. The molecule has 5 aromatic rings. The highest BCUT2D eigenvalue weighted by atomic mass is 15.1. The molecule has 7 nitrogen and oxygen atoms in total. The summed E-state index contributed by atoms with van der Waals surface area (Å²) in [7, 11) is 1.97. The van der Waals surface area contributed by atoms with Gasteiger partial charge in [-0.25, -0.2) is 4.98 Å². The molecule has 0 amide bonds. The average molecular weight is 426 g/mol. The lowest BCUT2D eigenvalue weighted by Crippen LogP contribution is -2.10. The van der Waals surface area contributed by atoms with E-state index in [4.69, 9.17) is 5.73 Å². The number of anilines is 2. The number of aromatic nitrogens is 4. The number of nitrogens with zero attached hydrogens (tertiary/aromatic N) is 2. The lowest BCUT2D eigenvalue weighted by molar-refractivity contribution is 0.795. The first kappa shape index (κ1) is 20.1. The molecule has 0 saturated heterocycles. The predicted octanol–water partition coefficient (Wildman–Crippen LogP) is 3.99. The highest BCUT2D eigenvalue weighted by molar-refractivity contribution is 5.84. The fourth-order valence-electron chi connectivity index (χ4n) is 4.06. The van der Waals surface area contributed by atoms with Crippen LogP contribution in [0.15, 0.2) is 61.1 Å². The molecule has 0 bridgehead atoms. The second kappa shape index (κ2) is 8.72. The van der Waals surface area contributed by atoms with Gasteiger partial charge in [0, 0.05) is 53.5 Å². The average Bonchev–Trinajstić information content (AvgIpc) is 3.44. The lowest BCUT2D eigenvalue weighted by atomic mass is 10.1. The van der Waals surface area contributed by atoms with Crippen molar-refractivity contribution in [3.05, 3.63) is 83.3 Å². The van der Waals surface area contributed by atoms with Gasteiger partial charge in [-0.15, -0.1) is 0 Å². The van der Waals surface area contributed by atoms with E-state index in [0.717, 1.165) is 29.6 Å². The molecule has 0 aliphatic carbocycles. The number of nitrogens with one attached hydrogen (secondary N) is 4. The number of nitrogens with two attached hydrogens (primary N) is 1. The first-order chi connectivity index (χ1) is 15.7. The maximum Gasteiger partial charge on any atom is 0.224 e. The zero-order chi connectivity index (χ0) is 21.9. The van der Waals surface area contributed by atoms with Crippen molar-refractivity contribution in [3.8, 4) is 0 Å². The van der Waals surface area contributed by atoms with Crippen molar-refractivity contribution >= 4 is 33.6 Å². The van der Waals surface area contributed by atoms with Crippen molar-refractivity contribution in [3.63, 3.8) is 0 Å². The van der Waals surface area contributed by atoms with Crippen molar-refractivity contribution in [1.29, 1.82) is 0 Å². The summed E-state index contributed by atoms with van der Waals surface area (Å²) >= 11 is 0. The van der Waals surface area contributed by atoms with Crippen LogP contribution in [0, 0.1) is 0 Å². The van der Waals surface area contributed by atoms with Crippen molar-refractivity contribution in [2.24, 2.45) is 0 Å². The number of nitrogen functional groups attached to an aromatic ring is 1. The van der Waals surface area contributed by atoms with Gasteiger partial charge in [0.05, 0.1) is 0 Å². The van der Waals surface area contributed by atoms with Crippen molar-refractivity contribution < 1.29 is 0 Å². The Bertz CT molecular complexity index is 1370. The fraction of sp³-hybridized carbons (Fsp3) is 0.200. The molecule has 3 heterocycles. The number of benzene rings is 2. The number of hydrogen-bond acceptors (Lipinski definition) is 5. The minimum Gasteiger partial charge on any atom is -0.383 e. The molecule has 0 aliphatic heterocycles. The summed E-state index contributed by atoms with van der Waals surface area (Å²) in [6.07, 6.45) is 7.55. The van der Waals surface area contributed by atoms with Gasteiger partial charge in [-0.2, -0.15) is 4.98 Å². The number of rotatable bonds is 8. The smallest absolute Gasteiger partial charge is 0.224 e. The van der Waals surface area contributed by atoms with E-state index >= 15 is 0 Å². The van der Waals surface area contributed by atoms with Gasteiger partial charge in [0.25, 0.3) is 0 Å². The quantitative estimate of drug-likeness (QED) is 0.258. The van der Waals surface area contributed by atoms with E-state index in [1.54, 1.807) is 0 Å². The number of fused-ring (bicyclic) bond motifs is 2. The monoisotopic (exact) mass is 425 g/mol. The Hall–Kier alpha value is -3.84. The van der Waals surface area contributed by atoms with Crippen LogP contribution in [-0.2, 0) is 19.4 Å². The van der Waals surface area contributed by atoms with E-state index in [0.29, 0.717) is 24.7 Å². The third kappa shape index (κ3) is 4.15. The van der Waals surface area contributed by atoms with Gasteiger partial charge in [-0.05, 0) is 72.4 Å². The molecule has 0 atom stereocenters. The highest BCUT2D eigenvalue weighted by Crippen LogP contribution is 2.22. The number of aromatic amines is 2. The molecule has 0 saturated carbocycles. The first-order valence-electron chi connectivity index (χ1n) is 10.8. The summed E-state index contributed by atoms with van der Waals surface area (Å²) in [5.41, 5.74) is 13.1. The summed E-state index contributed by atoms with van der Waals surface area (Å²) in [6.45, 7) is 1.59. The van der Waals surface area contributed by atoms with Gasteiger partial charge < -0.3 is 26.3 Å². The van der Waals surface area contributed by atoms with Crippen LogP contribution in [0.3, 0.4) is 0 Å². The van der Waals surface area contributed by atoms with Crippen LogP contribution in [-0.4, -0.2) is 33.5 Å². The molecule has 0 spiro atoms. The summed E-state index contributed by atoms with van der Waals surface area (Å²) in [5, 5.41) is 8.96. The zero-order valence-corrected chi connectivity index (χ0v) is 18.1. The van der Waals surface area contributed by atoms with Gasteiger partial charge in [-0.1, -0.05) is 12.1 Å². The van der Waals surface area contributed by atoms with E-state index in [1.165, 1.54) is 27.5 Å². The van der Waals surface area contributed by atoms with Crippen molar-refractivity contribution in [2.45, 2.75) is 19.4 Å². The van der Waals surface area contributed by atoms with Crippen LogP contribution in [0.5, 0.6) is 0 Å². The third-order valence-corrected chi connectivity index (χ3v) is 5.84. The van der Waals surface area contributed by atoms with Gasteiger partial charge >= 0.3 is 0 Å². The second-order valence-corrected chi connectivity index (χ2v) is 8.08. The molecule has 3 aromatic heterocycles. The zero-order valence-electron chi connectivity index (χ0n) is 18.1. The Morgan fingerprint density at radius 3 is 2.72 bits per heavy atom. The van der Waals surface area contributed by atoms with E-state index in [-0.39, 0.29) is 0 Å². The second-order valence-electron chi connectivity index (χ2n) is 8.08. The van der Waals surface area contributed by atoms with Gasteiger partial charge in [0.15, 0.2) is 0 Å². The fourth-order valence-corrected chi connectivity index (χ4v) is 4.06. The molecule has 0 fully saturated rings. The third-order valence-electron chi connectivity index (χ3n) is 5.84. The molecule has 5 rings (SSSR count).